The summed E-state index contributed by atoms with van der Waals surface area (Å²) in [5.74, 6) is -2.29. The number of hydrogen-bond acceptors (Lipinski definition) is 7. The first-order valence-electron chi connectivity index (χ1n) is 10.8. The van der Waals surface area contributed by atoms with Gasteiger partial charge in [0.2, 0.25) is 11.0 Å². The molecule has 0 bridgehead atoms. The van der Waals surface area contributed by atoms with E-state index in [1.165, 1.54) is 4.79 Å². The fraction of sp³-hybridized carbons (Fsp3) is 0.120. The molecule has 0 spiro atoms. The molecule has 35 heavy (non-hydrogen) atoms. The Morgan fingerprint density at radius 3 is 2.11 bits per heavy atom. The molecule has 0 N–H and O–H groups in total. The zero-order chi connectivity index (χ0) is 24.5. The lowest BCUT2D eigenvalue weighted by atomic mass is 10.0. The second-order valence-corrected chi connectivity index (χ2v) is 7.91. The monoisotopic (exact) mass is 469 g/mol. The first-order chi connectivity index (χ1) is 16.9. The van der Waals surface area contributed by atoms with Gasteiger partial charge in [0.1, 0.15) is 12.3 Å². The average Bonchev–Trinajstić information content (AvgIpc) is 3.37. The lowest BCUT2D eigenvalue weighted by Crippen LogP contribution is -2.32. The maximum atomic E-state index is 12.7. The average molecular weight is 469 g/mol. The van der Waals surface area contributed by atoms with Crippen LogP contribution in [-0.2, 0) is 21.5 Å². The summed E-state index contributed by atoms with van der Waals surface area (Å²) in [6, 6.07) is 20.9. The molecule has 1 saturated heterocycles. The van der Waals surface area contributed by atoms with E-state index in [-0.39, 0.29) is 18.4 Å². The molecule has 10 heteroatoms. The summed E-state index contributed by atoms with van der Waals surface area (Å²) < 4.78 is 1.65. The highest BCUT2D eigenvalue weighted by Gasteiger charge is 2.33. The molecule has 0 aliphatic carbocycles. The lowest BCUT2D eigenvalue weighted by molar-refractivity contribution is -0.709. The van der Waals surface area contributed by atoms with E-state index in [9.17, 15) is 19.5 Å². The summed E-state index contributed by atoms with van der Waals surface area (Å²) >= 11 is 0. The minimum Gasteiger partial charge on any atom is -0.856 e. The van der Waals surface area contributed by atoms with Crippen molar-refractivity contribution >= 4 is 34.7 Å². The van der Waals surface area contributed by atoms with Crippen molar-refractivity contribution in [3.05, 3.63) is 83.9 Å². The van der Waals surface area contributed by atoms with E-state index in [1.807, 2.05) is 24.3 Å². The number of carbonyl (C=O) groups excluding carboxylic acids is 3. The van der Waals surface area contributed by atoms with Crippen LogP contribution in [-0.4, -0.2) is 38.7 Å². The predicted molar refractivity (Wildman–Crippen MR) is 121 cm³/mol. The van der Waals surface area contributed by atoms with E-state index in [4.69, 9.17) is 4.84 Å². The Hall–Kier alpha value is -4.86. The molecule has 174 valence electrons. The number of aromatic nitrogens is 3. The Morgan fingerprint density at radius 2 is 1.49 bits per heavy atom. The minimum absolute atomic E-state index is 0.0357. The fourth-order valence-electron chi connectivity index (χ4n) is 3.75. The highest BCUT2D eigenvalue weighted by molar-refractivity contribution is 6.02. The van der Waals surface area contributed by atoms with Gasteiger partial charge in [-0.1, -0.05) is 53.6 Å². The molecule has 1 aromatic heterocycles. The van der Waals surface area contributed by atoms with E-state index < -0.39 is 23.7 Å². The van der Waals surface area contributed by atoms with Crippen LogP contribution in [0.1, 0.15) is 28.8 Å². The Balaban J connectivity index is 1.31. The van der Waals surface area contributed by atoms with Gasteiger partial charge in [0.05, 0.1) is 5.56 Å². The first kappa shape index (κ1) is 22.0. The number of amides is 2. The van der Waals surface area contributed by atoms with Crippen molar-refractivity contribution in [3.63, 3.8) is 0 Å². The highest BCUT2D eigenvalue weighted by atomic mass is 16.7. The zero-order valence-electron chi connectivity index (χ0n) is 18.6. The van der Waals surface area contributed by atoms with Gasteiger partial charge in [-0.15, -0.1) is 9.75 Å². The van der Waals surface area contributed by atoms with Gasteiger partial charge in [-0.05, 0) is 41.0 Å². The molecule has 5 rings (SSSR count). The summed E-state index contributed by atoms with van der Waals surface area (Å²) in [6.45, 7) is 0. The molecule has 4 aromatic rings. The largest absolute Gasteiger partial charge is 0.856 e. The van der Waals surface area contributed by atoms with Crippen LogP contribution in [0.3, 0.4) is 0 Å². The van der Waals surface area contributed by atoms with Gasteiger partial charge in [-0.25, -0.2) is 4.79 Å². The molecule has 3 aromatic carbocycles. The van der Waals surface area contributed by atoms with E-state index >= 15 is 0 Å². The van der Waals surface area contributed by atoms with Crippen LogP contribution in [0.25, 0.3) is 22.2 Å². The molecular weight excluding hydrogens is 450 g/mol. The summed E-state index contributed by atoms with van der Waals surface area (Å²) in [4.78, 5) is 41.7. The Morgan fingerprint density at radius 1 is 0.914 bits per heavy atom. The maximum Gasteiger partial charge on any atom is 0.363 e. The van der Waals surface area contributed by atoms with Crippen LogP contribution in [0.2, 0.25) is 0 Å². The molecule has 1 aliphatic heterocycles. The SMILES string of the molecule is C[n+]1nn(/N=C(\[O-])c2ccc(-c3ccc(C(=O)ON4C(=O)CCC4=O)cc3)cc2)c2ccccc21. The molecule has 1 aliphatic rings. The third-order valence-corrected chi connectivity index (χ3v) is 5.62. The summed E-state index contributed by atoms with van der Waals surface area (Å²) in [5, 5.41) is 21.6. The Kier molecular flexibility index (Phi) is 5.54. The van der Waals surface area contributed by atoms with Gasteiger partial charge in [-0.2, -0.15) is 0 Å². The zero-order valence-corrected chi connectivity index (χ0v) is 18.6. The Labute approximate surface area is 199 Å². The van der Waals surface area contributed by atoms with Crippen LogP contribution in [0.5, 0.6) is 0 Å². The fourth-order valence-corrected chi connectivity index (χ4v) is 3.75. The molecule has 10 nitrogen and oxygen atoms in total. The van der Waals surface area contributed by atoms with Gasteiger partial charge in [0.25, 0.3) is 11.8 Å². The van der Waals surface area contributed by atoms with Crippen LogP contribution >= 0.6 is 0 Å². The first-order valence-corrected chi connectivity index (χ1v) is 10.8. The van der Waals surface area contributed by atoms with Crippen molar-refractivity contribution in [2.45, 2.75) is 12.8 Å². The molecule has 0 atom stereocenters. The summed E-state index contributed by atoms with van der Waals surface area (Å²) in [7, 11) is 1.78. The molecule has 2 amide bonds. The van der Waals surface area contributed by atoms with Crippen molar-refractivity contribution in [3.8, 4) is 11.1 Å². The standard InChI is InChI=1S/C25H19N5O5/c1-28-20-4-2-3-5-21(20)30(27-28)26-24(33)18-10-6-16(7-11-18)17-8-12-19(13-9-17)25(34)35-29-22(31)14-15-23(29)32/h2-13H,14-15H2,1H3. The van der Waals surface area contributed by atoms with Crippen molar-refractivity contribution in [1.82, 2.24) is 15.1 Å². The smallest absolute Gasteiger partial charge is 0.363 e. The normalized spacial score (nSPS) is 14.1. The van der Waals surface area contributed by atoms with Crippen LogP contribution in [0.15, 0.2) is 77.9 Å². The van der Waals surface area contributed by atoms with Crippen molar-refractivity contribution in [2.24, 2.45) is 12.1 Å². The second kappa shape index (κ2) is 8.82. The molecule has 1 fully saturated rings. The number of nitrogens with zero attached hydrogens (tertiary/aromatic N) is 5. The second-order valence-electron chi connectivity index (χ2n) is 7.91. The molecule has 0 saturated carbocycles. The van der Waals surface area contributed by atoms with Crippen molar-refractivity contribution in [2.75, 3.05) is 0 Å². The van der Waals surface area contributed by atoms with E-state index in [2.05, 4.69) is 10.3 Å². The number of hydrogen-bond donors (Lipinski definition) is 0. The van der Waals surface area contributed by atoms with Gasteiger partial charge in [0.15, 0.2) is 0 Å². The molecule has 0 radical (unpaired) electrons. The number of fused-ring (bicyclic) bond motifs is 1. The molecular formula is C25H19N5O5. The predicted octanol–water partition coefficient (Wildman–Crippen LogP) is 1.32. The number of benzene rings is 3. The van der Waals surface area contributed by atoms with Gasteiger partial charge in [-0.3, -0.25) is 9.59 Å². The van der Waals surface area contributed by atoms with Crippen molar-refractivity contribution < 1.29 is 29.0 Å². The molecule has 2 heterocycles. The van der Waals surface area contributed by atoms with E-state index in [1.54, 1.807) is 60.3 Å². The summed E-state index contributed by atoms with van der Waals surface area (Å²) in [6.07, 6.45) is 0.0714. The lowest BCUT2D eigenvalue weighted by Gasteiger charge is -2.13. The number of carbonyl (C=O) groups is 3. The summed E-state index contributed by atoms with van der Waals surface area (Å²) in [5.41, 5.74) is 3.79. The van der Waals surface area contributed by atoms with Gasteiger partial charge < -0.3 is 9.94 Å². The van der Waals surface area contributed by atoms with Crippen LogP contribution in [0.4, 0.5) is 0 Å². The van der Waals surface area contributed by atoms with Gasteiger partial charge >= 0.3 is 5.97 Å². The van der Waals surface area contributed by atoms with Crippen LogP contribution in [0, 0.1) is 0 Å². The maximum absolute atomic E-state index is 12.7. The number of hydroxylamine groups is 2. The highest BCUT2D eigenvalue weighted by Crippen LogP contribution is 2.22. The van der Waals surface area contributed by atoms with Gasteiger partial charge in [0, 0.05) is 23.5 Å². The van der Waals surface area contributed by atoms with E-state index in [0.29, 0.717) is 10.6 Å². The van der Waals surface area contributed by atoms with E-state index in [0.717, 1.165) is 22.2 Å². The van der Waals surface area contributed by atoms with Crippen molar-refractivity contribution in [1.29, 1.82) is 0 Å². The number of imide groups is 1. The number of para-hydroxylation sites is 2. The Bertz CT molecular complexity index is 1470. The number of aryl methyl sites for hydroxylation is 1. The number of rotatable bonds is 5. The third kappa shape index (κ3) is 4.24. The third-order valence-electron chi connectivity index (χ3n) is 5.62. The minimum atomic E-state index is -0.790. The molecule has 0 unspecified atom stereocenters. The quantitative estimate of drug-likeness (QED) is 0.188. The topological polar surface area (TPSA) is 121 Å². The van der Waals surface area contributed by atoms with Crippen LogP contribution < -0.4 is 9.79 Å².